The fraction of sp³-hybridized carbons (Fsp3) is 0.765. The summed E-state index contributed by atoms with van der Waals surface area (Å²) in [4.78, 5) is 26.4. The van der Waals surface area contributed by atoms with Gasteiger partial charge in [-0.2, -0.15) is 0 Å². The summed E-state index contributed by atoms with van der Waals surface area (Å²) in [5, 5.41) is 19.3. The summed E-state index contributed by atoms with van der Waals surface area (Å²) < 4.78 is 5.58. The van der Waals surface area contributed by atoms with Gasteiger partial charge >= 0.3 is 5.97 Å². The summed E-state index contributed by atoms with van der Waals surface area (Å²) >= 11 is 0. The van der Waals surface area contributed by atoms with E-state index in [1.807, 2.05) is 20.8 Å². The number of amides is 1. The van der Waals surface area contributed by atoms with Crippen LogP contribution in [0.5, 0.6) is 0 Å². The van der Waals surface area contributed by atoms with Crippen LogP contribution in [0.15, 0.2) is 12.2 Å². The number of carbonyl (C=O) groups is 2. The predicted molar refractivity (Wildman–Crippen MR) is 84.3 cm³/mol. The molecular weight excluding hydrogens is 298 g/mol. The number of aliphatic hydroxyl groups excluding tert-OH is 2. The first kappa shape index (κ1) is 17.9. The summed E-state index contributed by atoms with van der Waals surface area (Å²) in [7, 11) is 0. The van der Waals surface area contributed by atoms with Crippen molar-refractivity contribution in [3.63, 3.8) is 0 Å². The SMILES string of the molecule is C=C(C)C(=O)OC1C(CO)CC2C(CO)C(=O)N(C(C)(C)C)C21. The minimum atomic E-state index is -0.575. The first-order valence-electron chi connectivity index (χ1n) is 8.04. The number of hydrogen-bond acceptors (Lipinski definition) is 5. The Morgan fingerprint density at radius 1 is 1.35 bits per heavy atom. The van der Waals surface area contributed by atoms with Crippen LogP contribution in [-0.2, 0) is 14.3 Å². The van der Waals surface area contributed by atoms with E-state index in [0.717, 1.165) is 0 Å². The lowest BCUT2D eigenvalue weighted by Gasteiger charge is -2.40. The highest BCUT2D eigenvalue weighted by Crippen LogP contribution is 2.48. The molecule has 0 spiro atoms. The fourth-order valence-electron chi connectivity index (χ4n) is 3.95. The Morgan fingerprint density at radius 2 is 1.96 bits per heavy atom. The molecule has 2 fully saturated rings. The van der Waals surface area contributed by atoms with Crippen molar-refractivity contribution in [2.75, 3.05) is 13.2 Å². The molecule has 23 heavy (non-hydrogen) atoms. The Bertz CT molecular complexity index is 510. The molecule has 0 aromatic heterocycles. The van der Waals surface area contributed by atoms with Crippen LogP contribution in [0.25, 0.3) is 0 Å². The Kier molecular flexibility index (Phi) is 4.87. The second-order valence-corrected chi connectivity index (χ2v) is 7.65. The lowest BCUT2D eigenvalue weighted by molar-refractivity contribution is -0.155. The van der Waals surface area contributed by atoms with Crippen molar-refractivity contribution in [1.82, 2.24) is 4.90 Å². The highest BCUT2D eigenvalue weighted by Gasteiger charge is 2.60. The Labute approximate surface area is 137 Å². The molecule has 6 heteroatoms. The van der Waals surface area contributed by atoms with E-state index in [0.29, 0.717) is 6.42 Å². The smallest absolute Gasteiger partial charge is 0.333 e. The molecular formula is C17H27NO5. The van der Waals surface area contributed by atoms with Gasteiger partial charge in [0.15, 0.2) is 0 Å². The van der Waals surface area contributed by atoms with Gasteiger partial charge < -0.3 is 19.8 Å². The molecule has 5 unspecified atom stereocenters. The van der Waals surface area contributed by atoms with Crippen LogP contribution in [0.2, 0.25) is 0 Å². The number of likely N-dealkylation sites (tertiary alicyclic amines) is 1. The van der Waals surface area contributed by atoms with Gasteiger partial charge in [0.2, 0.25) is 5.91 Å². The van der Waals surface area contributed by atoms with Crippen LogP contribution < -0.4 is 0 Å². The summed E-state index contributed by atoms with van der Waals surface area (Å²) in [5.41, 5.74) is -0.169. The van der Waals surface area contributed by atoms with Crippen LogP contribution in [0.1, 0.15) is 34.1 Å². The molecule has 1 saturated carbocycles. The van der Waals surface area contributed by atoms with Crippen molar-refractivity contribution in [1.29, 1.82) is 0 Å². The standard InChI is InChI=1S/C17H27NO5/c1-9(2)16(22)23-14-10(7-19)6-11-12(8-20)15(21)18(13(11)14)17(3,4)5/h10-14,19-20H,1,6-8H2,2-5H3. The molecule has 1 heterocycles. The maximum atomic E-state index is 12.7. The number of rotatable bonds is 4. The lowest BCUT2D eigenvalue weighted by atomic mass is 9.92. The van der Waals surface area contributed by atoms with Crippen molar-refractivity contribution in [3.8, 4) is 0 Å². The van der Waals surface area contributed by atoms with E-state index in [1.54, 1.807) is 11.8 Å². The number of fused-ring (bicyclic) bond motifs is 1. The van der Waals surface area contributed by atoms with E-state index >= 15 is 0 Å². The first-order valence-corrected chi connectivity index (χ1v) is 8.04. The van der Waals surface area contributed by atoms with Gasteiger partial charge in [0.25, 0.3) is 0 Å². The van der Waals surface area contributed by atoms with Crippen LogP contribution in [0.4, 0.5) is 0 Å². The second kappa shape index (κ2) is 6.24. The van der Waals surface area contributed by atoms with E-state index in [1.165, 1.54) is 0 Å². The number of aliphatic hydroxyl groups is 2. The van der Waals surface area contributed by atoms with Crippen molar-refractivity contribution in [3.05, 3.63) is 12.2 Å². The zero-order chi connectivity index (χ0) is 17.5. The summed E-state index contributed by atoms with van der Waals surface area (Å²) in [6.07, 6.45) is -0.0207. The zero-order valence-corrected chi connectivity index (χ0v) is 14.3. The topological polar surface area (TPSA) is 87.1 Å². The molecule has 0 radical (unpaired) electrons. The van der Waals surface area contributed by atoms with E-state index in [2.05, 4.69) is 6.58 Å². The molecule has 0 bridgehead atoms. The maximum absolute atomic E-state index is 12.7. The Morgan fingerprint density at radius 3 is 2.39 bits per heavy atom. The monoisotopic (exact) mass is 325 g/mol. The average molecular weight is 325 g/mol. The molecule has 130 valence electrons. The van der Waals surface area contributed by atoms with Gasteiger partial charge in [-0.1, -0.05) is 6.58 Å². The summed E-state index contributed by atoms with van der Waals surface area (Å²) in [6, 6.07) is -0.319. The van der Waals surface area contributed by atoms with Gasteiger partial charge in [0.1, 0.15) is 6.10 Å². The highest BCUT2D eigenvalue weighted by atomic mass is 16.5. The quantitative estimate of drug-likeness (QED) is 0.587. The third-order valence-electron chi connectivity index (χ3n) is 4.93. The molecule has 2 aliphatic rings. The van der Waals surface area contributed by atoms with E-state index in [9.17, 15) is 19.8 Å². The number of nitrogens with zero attached hydrogens (tertiary/aromatic N) is 1. The molecule has 6 nitrogen and oxygen atoms in total. The molecule has 1 aliphatic heterocycles. The maximum Gasteiger partial charge on any atom is 0.333 e. The minimum Gasteiger partial charge on any atom is -0.456 e. The highest BCUT2D eigenvalue weighted by molar-refractivity contribution is 5.87. The molecule has 5 atom stereocenters. The Hall–Kier alpha value is -1.40. The van der Waals surface area contributed by atoms with Gasteiger partial charge in [0, 0.05) is 23.6 Å². The van der Waals surface area contributed by atoms with Crippen LogP contribution >= 0.6 is 0 Å². The molecule has 2 rings (SSSR count). The van der Waals surface area contributed by atoms with Gasteiger partial charge in [0.05, 0.1) is 18.6 Å². The van der Waals surface area contributed by atoms with Crippen LogP contribution in [0, 0.1) is 17.8 Å². The molecule has 1 amide bonds. The van der Waals surface area contributed by atoms with Gasteiger partial charge in [-0.05, 0) is 40.0 Å². The fourth-order valence-corrected chi connectivity index (χ4v) is 3.95. The number of ether oxygens (including phenoxy) is 1. The van der Waals surface area contributed by atoms with E-state index in [-0.39, 0.29) is 42.6 Å². The van der Waals surface area contributed by atoms with E-state index < -0.39 is 23.5 Å². The van der Waals surface area contributed by atoms with Crippen molar-refractivity contribution < 1.29 is 24.5 Å². The van der Waals surface area contributed by atoms with Gasteiger partial charge in [-0.3, -0.25) is 4.79 Å². The lowest BCUT2D eigenvalue weighted by Crippen LogP contribution is -2.53. The minimum absolute atomic E-state index is 0.109. The third-order valence-corrected chi connectivity index (χ3v) is 4.93. The molecule has 2 N–H and O–H groups in total. The number of carbonyl (C=O) groups excluding carboxylic acids is 2. The van der Waals surface area contributed by atoms with Crippen molar-refractivity contribution in [2.24, 2.45) is 17.8 Å². The zero-order valence-electron chi connectivity index (χ0n) is 14.3. The van der Waals surface area contributed by atoms with E-state index in [4.69, 9.17) is 4.74 Å². The Balaban J connectivity index is 2.39. The molecule has 1 aliphatic carbocycles. The van der Waals surface area contributed by atoms with Crippen LogP contribution in [-0.4, -0.2) is 57.9 Å². The van der Waals surface area contributed by atoms with Crippen molar-refractivity contribution in [2.45, 2.75) is 51.8 Å². The van der Waals surface area contributed by atoms with Gasteiger partial charge in [-0.25, -0.2) is 4.79 Å². The summed E-state index contributed by atoms with van der Waals surface area (Å²) in [6.45, 7) is 10.6. The molecule has 0 aromatic rings. The first-order chi connectivity index (χ1) is 10.6. The van der Waals surface area contributed by atoms with Gasteiger partial charge in [-0.15, -0.1) is 0 Å². The molecule has 1 saturated heterocycles. The third kappa shape index (κ3) is 3.02. The summed E-state index contributed by atoms with van der Waals surface area (Å²) in [5.74, 6) is -1.47. The number of esters is 1. The number of hydrogen-bond donors (Lipinski definition) is 2. The largest absolute Gasteiger partial charge is 0.456 e. The molecule has 0 aromatic carbocycles. The second-order valence-electron chi connectivity index (χ2n) is 7.65. The predicted octanol–water partition coefficient (Wildman–Crippen LogP) is 0.720. The van der Waals surface area contributed by atoms with Crippen LogP contribution in [0.3, 0.4) is 0 Å². The average Bonchev–Trinajstić information content (AvgIpc) is 2.91. The normalized spacial score (nSPS) is 33.7. The van der Waals surface area contributed by atoms with Crippen molar-refractivity contribution >= 4 is 11.9 Å².